The fourth-order valence-electron chi connectivity index (χ4n) is 5.86. The standard InChI is InChI=1S/C24H26N2O7/c1-2-30-23(29)14-6-9-25(10-7-14)21(27)19-17-5-8-24(33-17)12-26(22(28)20(19)24)15-3-4-16-18(11-15)32-13-31-16/h3-5,8,11,14,17,19-20H,2,6-7,9-10,12-13H2,1H3/t17-,19+,20+,24-/m1/s1. The van der Waals surface area contributed by atoms with Crippen LogP contribution in [0.3, 0.4) is 0 Å². The van der Waals surface area contributed by atoms with Gasteiger partial charge in [0, 0.05) is 24.8 Å². The second-order valence-electron chi connectivity index (χ2n) is 9.21. The van der Waals surface area contributed by atoms with Crippen LogP contribution in [0.25, 0.3) is 0 Å². The average molecular weight is 454 g/mol. The summed E-state index contributed by atoms with van der Waals surface area (Å²) in [5, 5.41) is 0. The molecule has 5 heterocycles. The first-order valence-electron chi connectivity index (χ1n) is 11.5. The summed E-state index contributed by atoms with van der Waals surface area (Å²) in [5.74, 6) is -0.409. The highest BCUT2D eigenvalue weighted by Crippen LogP contribution is 2.53. The second-order valence-corrected chi connectivity index (χ2v) is 9.21. The summed E-state index contributed by atoms with van der Waals surface area (Å²) < 4.78 is 22.2. The normalized spacial score (nSPS) is 31.9. The molecule has 1 spiro atoms. The molecule has 3 saturated heterocycles. The molecule has 9 heteroatoms. The molecule has 0 aromatic heterocycles. The van der Waals surface area contributed by atoms with Crippen molar-refractivity contribution < 1.29 is 33.3 Å². The molecule has 4 atom stereocenters. The lowest BCUT2D eigenvalue weighted by atomic mass is 9.76. The highest BCUT2D eigenvalue weighted by Gasteiger charge is 2.67. The van der Waals surface area contributed by atoms with Gasteiger partial charge in [-0.25, -0.2) is 0 Å². The van der Waals surface area contributed by atoms with Gasteiger partial charge in [-0.2, -0.15) is 0 Å². The van der Waals surface area contributed by atoms with E-state index in [-0.39, 0.29) is 30.5 Å². The van der Waals surface area contributed by atoms with Crippen molar-refractivity contribution in [3.63, 3.8) is 0 Å². The lowest BCUT2D eigenvalue weighted by Crippen LogP contribution is -2.49. The molecule has 0 aliphatic carbocycles. The molecule has 0 radical (unpaired) electrons. The summed E-state index contributed by atoms with van der Waals surface area (Å²) >= 11 is 0. The van der Waals surface area contributed by atoms with Crippen LogP contribution in [-0.2, 0) is 23.9 Å². The number of esters is 1. The van der Waals surface area contributed by atoms with Crippen LogP contribution in [0.1, 0.15) is 19.8 Å². The Morgan fingerprint density at radius 2 is 1.97 bits per heavy atom. The van der Waals surface area contributed by atoms with Gasteiger partial charge in [-0.3, -0.25) is 14.4 Å². The van der Waals surface area contributed by atoms with Gasteiger partial charge in [-0.05, 0) is 31.9 Å². The Balaban J connectivity index is 1.20. The number of hydrogen-bond acceptors (Lipinski definition) is 7. The Kier molecular flexibility index (Phi) is 4.65. The van der Waals surface area contributed by atoms with Crippen molar-refractivity contribution in [3.05, 3.63) is 30.4 Å². The number of anilines is 1. The SMILES string of the molecule is CCOC(=O)C1CCN(C(=O)[C@@H]2[C@H]3C(=O)N(c4ccc5c(c4)OCO5)C[C@]34C=C[C@H]2O4)CC1. The van der Waals surface area contributed by atoms with Crippen molar-refractivity contribution >= 4 is 23.5 Å². The van der Waals surface area contributed by atoms with E-state index in [2.05, 4.69) is 0 Å². The smallest absolute Gasteiger partial charge is 0.309 e. The third-order valence-corrected chi connectivity index (χ3v) is 7.48. The maximum atomic E-state index is 13.6. The largest absolute Gasteiger partial charge is 0.466 e. The number of hydrogen-bond donors (Lipinski definition) is 0. The minimum Gasteiger partial charge on any atom is -0.466 e. The van der Waals surface area contributed by atoms with Gasteiger partial charge in [0.25, 0.3) is 0 Å². The summed E-state index contributed by atoms with van der Waals surface area (Å²) in [7, 11) is 0. The summed E-state index contributed by atoms with van der Waals surface area (Å²) in [5.41, 5.74) is -0.0863. The molecule has 2 bridgehead atoms. The lowest BCUT2D eigenvalue weighted by Gasteiger charge is -2.34. The Morgan fingerprint density at radius 3 is 2.76 bits per heavy atom. The average Bonchev–Trinajstić information content (AvgIpc) is 3.59. The van der Waals surface area contributed by atoms with Gasteiger partial charge < -0.3 is 28.7 Å². The predicted molar refractivity (Wildman–Crippen MR) is 115 cm³/mol. The van der Waals surface area contributed by atoms with E-state index in [9.17, 15) is 14.4 Å². The first-order valence-corrected chi connectivity index (χ1v) is 11.5. The Hall–Kier alpha value is -3.07. The summed E-state index contributed by atoms with van der Waals surface area (Å²) in [6.45, 7) is 3.63. The molecule has 1 aromatic rings. The number of likely N-dealkylation sites (tertiary alicyclic amines) is 1. The van der Waals surface area contributed by atoms with E-state index in [0.717, 1.165) is 0 Å². The minimum atomic E-state index is -0.790. The van der Waals surface area contributed by atoms with Crippen LogP contribution in [0.2, 0.25) is 0 Å². The van der Waals surface area contributed by atoms with Crippen LogP contribution in [-0.4, -0.2) is 67.4 Å². The van der Waals surface area contributed by atoms with Crippen molar-refractivity contribution in [2.45, 2.75) is 31.5 Å². The van der Waals surface area contributed by atoms with Crippen molar-refractivity contribution in [2.24, 2.45) is 17.8 Å². The van der Waals surface area contributed by atoms with Gasteiger partial charge >= 0.3 is 5.97 Å². The molecule has 0 saturated carbocycles. The molecule has 2 amide bonds. The van der Waals surface area contributed by atoms with E-state index in [0.29, 0.717) is 56.3 Å². The van der Waals surface area contributed by atoms with Gasteiger partial charge in [0.2, 0.25) is 18.6 Å². The summed E-state index contributed by atoms with van der Waals surface area (Å²) in [6, 6.07) is 5.42. The number of rotatable bonds is 4. The number of piperidine rings is 1. The molecular formula is C24H26N2O7. The van der Waals surface area contributed by atoms with Crippen LogP contribution in [0.4, 0.5) is 5.69 Å². The van der Waals surface area contributed by atoms with E-state index in [1.54, 1.807) is 28.9 Å². The highest BCUT2D eigenvalue weighted by molar-refractivity contribution is 6.03. The number of carbonyl (C=O) groups is 3. The molecule has 174 valence electrons. The number of carbonyl (C=O) groups excluding carboxylic acids is 3. The Bertz CT molecular complexity index is 1050. The number of fused-ring (bicyclic) bond motifs is 2. The zero-order chi connectivity index (χ0) is 22.7. The van der Waals surface area contributed by atoms with Gasteiger partial charge in [-0.15, -0.1) is 0 Å². The predicted octanol–water partition coefficient (Wildman–Crippen LogP) is 1.50. The Morgan fingerprint density at radius 1 is 1.18 bits per heavy atom. The fraction of sp³-hybridized carbons (Fsp3) is 0.542. The molecule has 33 heavy (non-hydrogen) atoms. The maximum Gasteiger partial charge on any atom is 0.309 e. The minimum absolute atomic E-state index is 0.0700. The van der Waals surface area contributed by atoms with Crippen molar-refractivity contribution in [1.29, 1.82) is 0 Å². The van der Waals surface area contributed by atoms with Crippen LogP contribution < -0.4 is 14.4 Å². The van der Waals surface area contributed by atoms with E-state index in [1.165, 1.54) is 0 Å². The van der Waals surface area contributed by atoms with Gasteiger partial charge in [-0.1, -0.05) is 12.2 Å². The summed E-state index contributed by atoms with van der Waals surface area (Å²) in [6.07, 6.45) is 4.62. The van der Waals surface area contributed by atoms with E-state index < -0.39 is 23.5 Å². The van der Waals surface area contributed by atoms with Crippen LogP contribution in [0.5, 0.6) is 11.5 Å². The highest BCUT2D eigenvalue weighted by atomic mass is 16.7. The molecule has 6 rings (SSSR count). The third-order valence-electron chi connectivity index (χ3n) is 7.48. The van der Waals surface area contributed by atoms with Gasteiger partial charge in [0.05, 0.1) is 37.0 Å². The quantitative estimate of drug-likeness (QED) is 0.503. The van der Waals surface area contributed by atoms with Crippen LogP contribution in [0.15, 0.2) is 30.4 Å². The summed E-state index contributed by atoms with van der Waals surface area (Å²) in [4.78, 5) is 42.7. The van der Waals surface area contributed by atoms with E-state index in [4.69, 9.17) is 18.9 Å². The van der Waals surface area contributed by atoms with Crippen molar-refractivity contribution in [2.75, 3.05) is 37.9 Å². The molecular weight excluding hydrogens is 428 g/mol. The molecule has 0 unspecified atom stereocenters. The monoisotopic (exact) mass is 454 g/mol. The van der Waals surface area contributed by atoms with E-state index >= 15 is 0 Å². The zero-order valence-electron chi connectivity index (χ0n) is 18.4. The number of ether oxygens (including phenoxy) is 4. The van der Waals surface area contributed by atoms with Crippen LogP contribution in [0, 0.1) is 17.8 Å². The number of nitrogens with zero attached hydrogens (tertiary/aromatic N) is 2. The number of benzene rings is 1. The Labute approximate surface area is 191 Å². The lowest BCUT2D eigenvalue weighted by molar-refractivity contribution is -0.152. The first-order chi connectivity index (χ1) is 16.0. The molecule has 1 aromatic carbocycles. The molecule has 5 aliphatic heterocycles. The first kappa shape index (κ1) is 20.5. The van der Waals surface area contributed by atoms with Gasteiger partial charge in [0.15, 0.2) is 11.5 Å². The fourth-order valence-corrected chi connectivity index (χ4v) is 5.86. The number of amides is 2. The second kappa shape index (κ2) is 7.48. The van der Waals surface area contributed by atoms with Crippen molar-refractivity contribution in [1.82, 2.24) is 4.90 Å². The maximum absolute atomic E-state index is 13.6. The molecule has 5 aliphatic rings. The molecule has 0 N–H and O–H groups in total. The van der Waals surface area contributed by atoms with Crippen LogP contribution >= 0.6 is 0 Å². The topological polar surface area (TPSA) is 94.6 Å². The third kappa shape index (κ3) is 3.05. The zero-order valence-corrected chi connectivity index (χ0v) is 18.4. The van der Waals surface area contributed by atoms with Gasteiger partial charge in [0.1, 0.15) is 5.60 Å². The molecule has 9 nitrogen and oxygen atoms in total. The molecule has 3 fully saturated rings. The van der Waals surface area contributed by atoms with E-state index in [1.807, 2.05) is 18.2 Å². The van der Waals surface area contributed by atoms with Crippen molar-refractivity contribution in [3.8, 4) is 11.5 Å².